The maximum absolute atomic E-state index is 13.1. The molecule has 3 N–H and O–H groups in total. The Balaban J connectivity index is 1.11. The molecule has 0 radical (unpaired) electrons. The van der Waals surface area contributed by atoms with Crippen molar-refractivity contribution in [2.75, 3.05) is 11.1 Å². The lowest BCUT2D eigenvalue weighted by atomic mass is 9.91. The van der Waals surface area contributed by atoms with Gasteiger partial charge in [0, 0.05) is 34.0 Å². The fraction of sp³-hybridized carbons (Fsp3) is 0.222. The number of nitrogens with one attached hydrogen (secondary N) is 2. The topological polar surface area (TPSA) is 123 Å². The van der Waals surface area contributed by atoms with Gasteiger partial charge in [-0.1, -0.05) is 146 Å². The Hall–Kier alpha value is -5.52. The quantitative estimate of drug-likeness (QED) is 0.0998. The van der Waals surface area contributed by atoms with Crippen molar-refractivity contribution in [3.8, 4) is 22.6 Å². The molecule has 1 aliphatic rings. The molecule has 9 nitrogen and oxygen atoms in total. The number of urea groups is 1. The zero-order chi connectivity index (χ0) is 38.1. The SMILES string of the molecule is CC(=O)[C@@H](Cc1ccccc1)NC(=O)Nc1cccc(C2O[C@H](CSc3nc(-c4ccccc4)c(-c4ccccc4)o3)[C@H](C)[C@H](c3ccc(CO)cc3)O2)c1. The minimum absolute atomic E-state index is 0.0504. The van der Waals surface area contributed by atoms with Crippen molar-refractivity contribution in [2.24, 2.45) is 5.92 Å². The van der Waals surface area contributed by atoms with Crippen LogP contribution in [0.25, 0.3) is 22.6 Å². The second kappa shape index (κ2) is 17.7. The van der Waals surface area contributed by atoms with E-state index in [0.717, 1.165) is 39.1 Å². The van der Waals surface area contributed by atoms with Gasteiger partial charge in [0.1, 0.15) is 5.69 Å². The Morgan fingerprint density at radius 1 is 0.782 bits per heavy atom. The molecule has 1 fully saturated rings. The van der Waals surface area contributed by atoms with Crippen LogP contribution in [0.1, 0.15) is 48.5 Å². The molecule has 2 heterocycles. The highest BCUT2D eigenvalue weighted by atomic mass is 32.2. The lowest BCUT2D eigenvalue weighted by molar-refractivity contribution is -0.268. The zero-order valence-electron chi connectivity index (χ0n) is 30.6. The number of carbonyl (C=O) groups is 2. The average molecular weight is 754 g/mol. The summed E-state index contributed by atoms with van der Waals surface area (Å²) in [5.41, 5.74) is 6.66. The van der Waals surface area contributed by atoms with E-state index in [1.54, 1.807) is 6.07 Å². The minimum Gasteiger partial charge on any atom is -0.431 e. The van der Waals surface area contributed by atoms with Crippen LogP contribution in [0.2, 0.25) is 0 Å². The molecule has 7 rings (SSSR count). The summed E-state index contributed by atoms with van der Waals surface area (Å²) in [7, 11) is 0. The van der Waals surface area contributed by atoms with Crippen LogP contribution in [0, 0.1) is 5.92 Å². The van der Waals surface area contributed by atoms with Crippen LogP contribution in [0.5, 0.6) is 0 Å². The summed E-state index contributed by atoms with van der Waals surface area (Å²) in [6, 6.07) is 43.5. The molecular formula is C45H43N3O6S. The van der Waals surface area contributed by atoms with Crippen LogP contribution >= 0.6 is 11.8 Å². The standard InChI is InChI=1S/C45H43N3O6S/c1-29-39(28-55-45-48-40(33-15-8-4-9-16-33)42(54-45)34-17-10-5-11-18-34)52-43(53-41(29)35-23-21-32(27-49)22-24-35)36-19-12-20-37(26-36)46-44(51)47-38(30(2)50)25-31-13-6-3-7-14-31/h3-24,26,29,38-39,41,43,49H,25,27-28H2,1-2H3,(H2,46,47,51)/t29-,38+,39+,41+,43?/m0/s1. The summed E-state index contributed by atoms with van der Waals surface area (Å²) < 4.78 is 19.8. The number of carbonyl (C=O) groups excluding carboxylic acids is 2. The highest BCUT2D eigenvalue weighted by Crippen LogP contribution is 2.44. The summed E-state index contributed by atoms with van der Waals surface area (Å²) in [6.07, 6.45) is -0.995. The van der Waals surface area contributed by atoms with E-state index < -0.39 is 18.4 Å². The Morgan fingerprint density at radius 2 is 1.45 bits per heavy atom. The number of amides is 2. The molecule has 0 saturated carbocycles. The number of aromatic nitrogens is 1. The summed E-state index contributed by atoms with van der Waals surface area (Å²) in [4.78, 5) is 30.5. The van der Waals surface area contributed by atoms with Crippen molar-refractivity contribution >= 4 is 29.3 Å². The highest BCUT2D eigenvalue weighted by Gasteiger charge is 2.39. The van der Waals surface area contributed by atoms with E-state index in [1.165, 1.54) is 18.7 Å². The van der Waals surface area contributed by atoms with Gasteiger partial charge in [0.2, 0.25) is 0 Å². The molecule has 1 unspecified atom stereocenters. The number of oxazole rings is 1. The Kier molecular flexibility index (Phi) is 12.2. The van der Waals surface area contributed by atoms with Gasteiger partial charge >= 0.3 is 6.03 Å². The molecule has 0 spiro atoms. The maximum atomic E-state index is 13.1. The molecule has 1 aliphatic heterocycles. The van der Waals surface area contributed by atoms with E-state index in [1.807, 2.05) is 133 Å². The van der Waals surface area contributed by atoms with E-state index in [-0.39, 0.29) is 30.5 Å². The molecule has 2 amide bonds. The van der Waals surface area contributed by atoms with E-state index in [4.69, 9.17) is 18.9 Å². The first kappa shape index (κ1) is 37.8. The summed E-state index contributed by atoms with van der Waals surface area (Å²) in [5.74, 6) is 1.04. The number of thioether (sulfide) groups is 1. The number of hydrogen-bond acceptors (Lipinski definition) is 8. The van der Waals surface area contributed by atoms with Crippen molar-refractivity contribution in [3.63, 3.8) is 0 Å². The molecule has 5 atom stereocenters. The highest BCUT2D eigenvalue weighted by molar-refractivity contribution is 7.99. The third kappa shape index (κ3) is 9.41. The number of ketones is 1. The number of nitrogens with zero attached hydrogens (tertiary/aromatic N) is 1. The molecule has 1 saturated heterocycles. The van der Waals surface area contributed by atoms with Gasteiger partial charge < -0.3 is 29.6 Å². The number of aliphatic hydroxyl groups is 1. The van der Waals surface area contributed by atoms with Gasteiger partial charge in [-0.15, -0.1) is 0 Å². The predicted octanol–water partition coefficient (Wildman–Crippen LogP) is 9.41. The molecule has 1 aromatic heterocycles. The summed E-state index contributed by atoms with van der Waals surface area (Å²) in [6.45, 7) is 3.53. The Labute approximate surface area is 325 Å². The zero-order valence-corrected chi connectivity index (χ0v) is 31.4. The predicted molar refractivity (Wildman–Crippen MR) is 214 cm³/mol. The number of hydrogen-bond donors (Lipinski definition) is 3. The second-order valence-electron chi connectivity index (χ2n) is 13.6. The monoisotopic (exact) mass is 753 g/mol. The Bertz CT molecular complexity index is 2120. The second-order valence-corrected chi connectivity index (χ2v) is 14.6. The van der Waals surface area contributed by atoms with Crippen molar-refractivity contribution in [3.05, 3.63) is 162 Å². The van der Waals surface area contributed by atoms with Gasteiger partial charge in [-0.05, 0) is 42.2 Å². The van der Waals surface area contributed by atoms with Gasteiger partial charge in [-0.25, -0.2) is 9.78 Å². The van der Waals surface area contributed by atoms with Gasteiger partial charge in [-0.3, -0.25) is 4.79 Å². The first-order chi connectivity index (χ1) is 26.8. The number of benzene rings is 5. The number of ether oxygens (including phenoxy) is 2. The fourth-order valence-corrected chi connectivity index (χ4v) is 7.62. The molecule has 5 aromatic carbocycles. The molecular weight excluding hydrogens is 711 g/mol. The number of anilines is 1. The molecule has 280 valence electrons. The normalized spacial score (nSPS) is 18.7. The lowest BCUT2D eigenvalue weighted by Gasteiger charge is -2.41. The van der Waals surface area contributed by atoms with Crippen LogP contribution in [0.15, 0.2) is 149 Å². The van der Waals surface area contributed by atoms with Gasteiger partial charge in [0.25, 0.3) is 5.22 Å². The molecule has 0 aliphatic carbocycles. The fourth-order valence-electron chi connectivity index (χ4n) is 6.64. The van der Waals surface area contributed by atoms with Crippen LogP contribution in [-0.2, 0) is 27.3 Å². The van der Waals surface area contributed by atoms with Gasteiger partial charge in [0.05, 0.1) is 24.9 Å². The molecule has 0 bridgehead atoms. The molecule has 55 heavy (non-hydrogen) atoms. The minimum atomic E-state index is -0.763. The third-order valence-electron chi connectivity index (χ3n) is 9.68. The van der Waals surface area contributed by atoms with Gasteiger partial charge in [-0.2, -0.15) is 0 Å². The smallest absolute Gasteiger partial charge is 0.319 e. The van der Waals surface area contributed by atoms with Crippen LogP contribution in [-0.4, -0.2) is 39.8 Å². The lowest BCUT2D eigenvalue weighted by Crippen LogP contribution is -2.43. The van der Waals surface area contributed by atoms with Crippen LogP contribution < -0.4 is 10.6 Å². The largest absolute Gasteiger partial charge is 0.431 e. The van der Waals surface area contributed by atoms with Crippen LogP contribution in [0.3, 0.4) is 0 Å². The third-order valence-corrected chi connectivity index (χ3v) is 10.6. The van der Waals surface area contributed by atoms with Crippen molar-refractivity contribution in [1.82, 2.24) is 10.3 Å². The summed E-state index contributed by atoms with van der Waals surface area (Å²) in [5, 5.41) is 15.9. The van der Waals surface area contributed by atoms with Crippen LogP contribution in [0.4, 0.5) is 10.5 Å². The number of rotatable bonds is 13. The summed E-state index contributed by atoms with van der Waals surface area (Å²) >= 11 is 1.49. The average Bonchev–Trinajstić information content (AvgIpc) is 3.66. The first-order valence-corrected chi connectivity index (χ1v) is 19.3. The molecule has 10 heteroatoms. The Morgan fingerprint density at radius 3 is 2.13 bits per heavy atom. The van der Waals surface area contributed by atoms with E-state index in [2.05, 4.69) is 17.6 Å². The van der Waals surface area contributed by atoms with E-state index in [0.29, 0.717) is 28.8 Å². The van der Waals surface area contributed by atoms with Crippen molar-refractivity contribution in [1.29, 1.82) is 0 Å². The first-order valence-electron chi connectivity index (χ1n) is 18.3. The number of aliphatic hydroxyl groups excluding tert-OH is 1. The van der Waals surface area contributed by atoms with E-state index in [9.17, 15) is 14.7 Å². The van der Waals surface area contributed by atoms with Crippen molar-refractivity contribution < 1.29 is 28.6 Å². The maximum Gasteiger partial charge on any atom is 0.319 e. The number of Topliss-reactive ketones (excluding diaryl/α,β-unsaturated/α-hetero) is 1. The van der Waals surface area contributed by atoms with Gasteiger partial charge in [0.15, 0.2) is 17.8 Å². The molecule has 6 aromatic rings. The van der Waals surface area contributed by atoms with Crippen molar-refractivity contribution in [2.45, 2.75) is 56.6 Å². The van der Waals surface area contributed by atoms with E-state index >= 15 is 0 Å².